The Balaban J connectivity index is 2.03. The Morgan fingerprint density at radius 3 is 2.78 bits per heavy atom. The van der Waals surface area contributed by atoms with Crippen molar-refractivity contribution < 1.29 is 16.8 Å². The fraction of sp³-hybridized carbons (Fsp3) is 0.667. The van der Waals surface area contributed by atoms with Gasteiger partial charge >= 0.3 is 0 Å². The van der Waals surface area contributed by atoms with Crippen LogP contribution in [0.4, 0.5) is 0 Å². The van der Waals surface area contributed by atoms with E-state index in [2.05, 4.69) is 14.9 Å². The van der Waals surface area contributed by atoms with E-state index >= 15 is 0 Å². The molecule has 1 atom stereocenters. The number of nitrogens with zero attached hydrogens (tertiary/aromatic N) is 1. The molecule has 0 radical (unpaired) electrons. The van der Waals surface area contributed by atoms with Gasteiger partial charge in [0.25, 0.3) is 0 Å². The summed E-state index contributed by atoms with van der Waals surface area (Å²) < 4.78 is 48.8. The maximum absolute atomic E-state index is 11.9. The number of aromatic amines is 1. The molecule has 2 heterocycles. The number of rotatable bonds is 4. The number of sulfonamides is 1. The molecule has 0 saturated carbocycles. The molecule has 1 fully saturated rings. The SMILES string of the molecule is Cc1[nH]ncc1CNS(=O)(=O)C1CCS(=O)(=O)C1. The molecule has 2 rings (SSSR count). The van der Waals surface area contributed by atoms with Gasteiger partial charge < -0.3 is 0 Å². The zero-order valence-electron chi connectivity index (χ0n) is 9.88. The molecule has 1 aliphatic rings. The lowest BCUT2D eigenvalue weighted by Crippen LogP contribution is -2.34. The molecule has 1 saturated heterocycles. The zero-order valence-corrected chi connectivity index (χ0v) is 11.5. The largest absolute Gasteiger partial charge is 0.283 e. The molecular weight excluding hydrogens is 278 g/mol. The van der Waals surface area contributed by atoms with Crippen molar-refractivity contribution in [3.05, 3.63) is 17.5 Å². The molecule has 9 heteroatoms. The first-order chi connectivity index (χ1) is 8.30. The van der Waals surface area contributed by atoms with Gasteiger partial charge in [-0.05, 0) is 13.3 Å². The quantitative estimate of drug-likeness (QED) is 0.765. The highest BCUT2D eigenvalue weighted by molar-refractivity contribution is 7.95. The van der Waals surface area contributed by atoms with Crippen molar-refractivity contribution in [2.45, 2.75) is 25.1 Å². The minimum absolute atomic E-state index is 0.0523. The van der Waals surface area contributed by atoms with E-state index in [0.29, 0.717) is 0 Å². The highest BCUT2D eigenvalue weighted by Gasteiger charge is 2.36. The van der Waals surface area contributed by atoms with Crippen LogP contribution in [0.15, 0.2) is 6.20 Å². The van der Waals surface area contributed by atoms with Crippen LogP contribution in [0.2, 0.25) is 0 Å². The smallest absolute Gasteiger partial charge is 0.215 e. The molecule has 102 valence electrons. The van der Waals surface area contributed by atoms with Crippen LogP contribution in [-0.4, -0.2) is 43.8 Å². The number of H-pyrrole nitrogens is 1. The maximum atomic E-state index is 11.9. The van der Waals surface area contributed by atoms with E-state index in [-0.39, 0.29) is 24.5 Å². The Labute approximate surface area is 106 Å². The third-order valence-electron chi connectivity index (χ3n) is 3.03. The lowest BCUT2D eigenvalue weighted by atomic mass is 10.3. The van der Waals surface area contributed by atoms with Gasteiger partial charge in [0.15, 0.2) is 9.84 Å². The van der Waals surface area contributed by atoms with Crippen LogP contribution in [0, 0.1) is 6.92 Å². The Morgan fingerprint density at radius 2 is 2.28 bits per heavy atom. The Bertz CT molecular complexity index is 633. The molecule has 0 amide bonds. The first-order valence-electron chi connectivity index (χ1n) is 5.48. The summed E-state index contributed by atoms with van der Waals surface area (Å²) in [6.45, 7) is 1.91. The molecular formula is C9H15N3O4S2. The second kappa shape index (κ2) is 4.63. The molecule has 0 aromatic carbocycles. The number of aryl methyl sites for hydroxylation is 1. The number of nitrogens with one attached hydrogen (secondary N) is 2. The van der Waals surface area contributed by atoms with Gasteiger partial charge in [0.2, 0.25) is 10.0 Å². The zero-order chi connectivity index (χ0) is 13.4. The van der Waals surface area contributed by atoms with E-state index in [1.54, 1.807) is 13.1 Å². The summed E-state index contributed by atoms with van der Waals surface area (Å²) in [6, 6.07) is 0. The number of hydrogen-bond donors (Lipinski definition) is 2. The summed E-state index contributed by atoms with van der Waals surface area (Å²) in [4.78, 5) is 0. The molecule has 18 heavy (non-hydrogen) atoms. The van der Waals surface area contributed by atoms with Crippen LogP contribution >= 0.6 is 0 Å². The van der Waals surface area contributed by atoms with Crippen LogP contribution in [-0.2, 0) is 26.4 Å². The lowest BCUT2D eigenvalue weighted by molar-refractivity contribution is 0.567. The monoisotopic (exact) mass is 293 g/mol. The second-order valence-electron chi connectivity index (χ2n) is 4.41. The van der Waals surface area contributed by atoms with Gasteiger partial charge in [0.05, 0.1) is 23.0 Å². The van der Waals surface area contributed by atoms with Crippen LogP contribution in [0.5, 0.6) is 0 Å². The molecule has 1 aliphatic heterocycles. The van der Waals surface area contributed by atoms with Crippen LogP contribution in [0.25, 0.3) is 0 Å². The molecule has 1 aromatic rings. The van der Waals surface area contributed by atoms with E-state index < -0.39 is 25.1 Å². The third kappa shape index (κ3) is 2.90. The molecule has 7 nitrogen and oxygen atoms in total. The predicted molar refractivity (Wildman–Crippen MR) is 66.1 cm³/mol. The van der Waals surface area contributed by atoms with E-state index in [0.717, 1.165) is 11.3 Å². The van der Waals surface area contributed by atoms with Gasteiger partial charge in [-0.1, -0.05) is 0 Å². The van der Waals surface area contributed by atoms with E-state index in [4.69, 9.17) is 0 Å². The van der Waals surface area contributed by atoms with E-state index in [1.165, 1.54) is 0 Å². The van der Waals surface area contributed by atoms with Crippen molar-refractivity contribution in [3.63, 3.8) is 0 Å². The van der Waals surface area contributed by atoms with Crippen LogP contribution < -0.4 is 4.72 Å². The summed E-state index contributed by atoms with van der Waals surface area (Å²) in [5.41, 5.74) is 1.54. The Kier molecular flexibility index (Phi) is 3.47. The first kappa shape index (κ1) is 13.5. The number of hydrogen-bond acceptors (Lipinski definition) is 5. The summed E-state index contributed by atoms with van der Waals surface area (Å²) in [5.74, 6) is -0.337. The van der Waals surface area contributed by atoms with Gasteiger partial charge in [0.1, 0.15) is 0 Å². The van der Waals surface area contributed by atoms with Crippen molar-refractivity contribution in [1.29, 1.82) is 0 Å². The summed E-state index contributed by atoms with van der Waals surface area (Å²) in [6.07, 6.45) is 1.71. The van der Waals surface area contributed by atoms with Crippen molar-refractivity contribution in [3.8, 4) is 0 Å². The fourth-order valence-corrected chi connectivity index (χ4v) is 5.91. The third-order valence-corrected chi connectivity index (χ3v) is 6.83. The molecule has 0 bridgehead atoms. The summed E-state index contributed by atoms with van der Waals surface area (Å²) in [7, 11) is -6.79. The maximum Gasteiger partial charge on any atom is 0.215 e. The average molecular weight is 293 g/mol. The van der Waals surface area contributed by atoms with Crippen molar-refractivity contribution in [1.82, 2.24) is 14.9 Å². The van der Waals surface area contributed by atoms with Gasteiger partial charge in [-0.3, -0.25) is 5.10 Å². The Morgan fingerprint density at radius 1 is 1.56 bits per heavy atom. The topological polar surface area (TPSA) is 109 Å². The van der Waals surface area contributed by atoms with E-state index in [9.17, 15) is 16.8 Å². The van der Waals surface area contributed by atoms with Crippen molar-refractivity contribution in [2.75, 3.05) is 11.5 Å². The predicted octanol–water partition coefficient (Wildman–Crippen LogP) is -0.675. The Hall–Kier alpha value is -0.930. The summed E-state index contributed by atoms with van der Waals surface area (Å²) >= 11 is 0. The number of sulfone groups is 1. The van der Waals surface area contributed by atoms with E-state index in [1.807, 2.05) is 0 Å². The lowest BCUT2D eigenvalue weighted by Gasteiger charge is -2.10. The molecule has 1 unspecified atom stereocenters. The molecule has 1 aromatic heterocycles. The standard InChI is InChI=1S/C9H15N3O4S2/c1-7-8(4-10-12-7)5-11-18(15,16)9-2-3-17(13,14)6-9/h4,9,11H,2-3,5-6H2,1H3,(H,10,12). The molecule has 0 aliphatic carbocycles. The van der Waals surface area contributed by atoms with Gasteiger partial charge in [0, 0.05) is 17.8 Å². The van der Waals surface area contributed by atoms with Gasteiger partial charge in [-0.2, -0.15) is 5.10 Å². The molecule has 0 spiro atoms. The summed E-state index contributed by atoms with van der Waals surface area (Å²) in [5, 5.41) is 5.66. The number of aromatic nitrogens is 2. The molecule has 2 N–H and O–H groups in total. The normalized spacial score (nSPS) is 23.3. The van der Waals surface area contributed by atoms with Gasteiger partial charge in [-0.15, -0.1) is 0 Å². The highest BCUT2D eigenvalue weighted by atomic mass is 32.2. The van der Waals surface area contributed by atoms with Crippen LogP contribution in [0.3, 0.4) is 0 Å². The highest BCUT2D eigenvalue weighted by Crippen LogP contribution is 2.18. The fourth-order valence-electron chi connectivity index (χ4n) is 1.86. The first-order valence-corrected chi connectivity index (χ1v) is 8.85. The van der Waals surface area contributed by atoms with Crippen molar-refractivity contribution in [2.24, 2.45) is 0 Å². The minimum atomic E-state index is -3.59. The second-order valence-corrected chi connectivity index (χ2v) is 8.69. The van der Waals surface area contributed by atoms with Gasteiger partial charge in [-0.25, -0.2) is 21.6 Å². The van der Waals surface area contributed by atoms with Crippen LogP contribution in [0.1, 0.15) is 17.7 Å². The minimum Gasteiger partial charge on any atom is -0.283 e. The van der Waals surface area contributed by atoms with Crippen molar-refractivity contribution >= 4 is 19.9 Å². The average Bonchev–Trinajstić information content (AvgIpc) is 2.82.